The number of carbonyl (C=O) groups excluding carboxylic acids is 1. The highest BCUT2D eigenvalue weighted by Gasteiger charge is 2.12. The number of aliphatic carboxylic acids is 2. The first-order valence-corrected chi connectivity index (χ1v) is 7.52. The molecular formula is C16H22N2O5. The van der Waals surface area contributed by atoms with Crippen LogP contribution in [-0.2, 0) is 14.4 Å². The molecule has 0 bridgehead atoms. The average molecular weight is 322 g/mol. The summed E-state index contributed by atoms with van der Waals surface area (Å²) in [5, 5.41) is 17.7. The van der Waals surface area contributed by atoms with Crippen LogP contribution in [0.1, 0.15) is 25.7 Å². The molecule has 1 amide bonds. The highest BCUT2D eigenvalue weighted by Crippen LogP contribution is 2.10. The molecule has 0 unspecified atom stereocenters. The van der Waals surface area contributed by atoms with Gasteiger partial charge in [-0.05, 0) is 38.1 Å². The lowest BCUT2D eigenvalue weighted by Crippen LogP contribution is -2.33. The van der Waals surface area contributed by atoms with Gasteiger partial charge in [0.05, 0.1) is 6.54 Å². The summed E-state index contributed by atoms with van der Waals surface area (Å²) in [7, 11) is 0. The first kappa shape index (κ1) is 18.6. The number of likely N-dealkylation sites (tertiary alicyclic amines) is 1. The number of amides is 1. The van der Waals surface area contributed by atoms with Crippen LogP contribution in [0.5, 0.6) is 0 Å². The summed E-state index contributed by atoms with van der Waals surface area (Å²) in [4.78, 5) is 32.3. The van der Waals surface area contributed by atoms with Crippen LogP contribution in [0.25, 0.3) is 0 Å². The number of rotatable bonds is 3. The molecule has 7 nitrogen and oxygen atoms in total. The third kappa shape index (κ3) is 8.57. The molecule has 1 aromatic carbocycles. The van der Waals surface area contributed by atoms with Crippen LogP contribution in [0, 0.1) is 0 Å². The number of carboxylic acids is 2. The standard InChI is InChI=1S/C14H20N2O.C2H2O4/c17-14(15-13-8-4-3-5-9-13)12-16-10-6-1-2-7-11-16;3-1(4)2(5)6/h3-5,8-9H,1-2,6-7,10-12H2,(H,15,17);(H,3,4)(H,5,6). The summed E-state index contributed by atoms with van der Waals surface area (Å²) in [5.74, 6) is -3.55. The van der Waals surface area contributed by atoms with E-state index in [0.717, 1.165) is 18.8 Å². The van der Waals surface area contributed by atoms with Crippen LogP contribution >= 0.6 is 0 Å². The third-order valence-electron chi connectivity index (χ3n) is 3.31. The predicted octanol–water partition coefficient (Wildman–Crippen LogP) is 1.66. The minimum atomic E-state index is -1.82. The molecule has 0 radical (unpaired) electrons. The van der Waals surface area contributed by atoms with Gasteiger partial charge >= 0.3 is 11.9 Å². The zero-order valence-electron chi connectivity index (χ0n) is 12.9. The molecule has 3 N–H and O–H groups in total. The number of carbonyl (C=O) groups is 3. The van der Waals surface area contributed by atoms with Crippen molar-refractivity contribution < 1.29 is 24.6 Å². The lowest BCUT2D eigenvalue weighted by molar-refractivity contribution is -0.159. The fraction of sp³-hybridized carbons (Fsp3) is 0.438. The van der Waals surface area contributed by atoms with Crippen LogP contribution in [0.4, 0.5) is 5.69 Å². The Morgan fingerprint density at radius 3 is 1.91 bits per heavy atom. The molecule has 23 heavy (non-hydrogen) atoms. The molecule has 0 aliphatic carbocycles. The molecule has 1 aliphatic heterocycles. The zero-order valence-corrected chi connectivity index (χ0v) is 12.9. The van der Waals surface area contributed by atoms with Crippen molar-refractivity contribution in [2.45, 2.75) is 25.7 Å². The van der Waals surface area contributed by atoms with Gasteiger partial charge < -0.3 is 15.5 Å². The topological polar surface area (TPSA) is 107 Å². The van der Waals surface area contributed by atoms with Crippen LogP contribution in [0.2, 0.25) is 0 Å². The maximum atomic E-state index is 11.8. The number of nitrogens with zero attached hydrogens (tertiary/aromatic N) is 1. The van der Waals surface area contributed by atoms with Gasteiger partial charge in [-0.2, -0.15) is 0 Å². The Morgan fingerprint density at radius 1 is 0.913 bits per heavy atom. The summed E-state index contributed by atoms with van der Waals surface area (Å²) in [6.07, 6.45) is 5.05. The minimum absolute atomic E-state index is 0.0955. The number of anilines is 1. The van der Waals surface area contributed by atoms with E-state index in [1.807, 2.05) is 30.3 Å². The van der Waals surface area contributed by atoms with Crippen molar-refractivity contribution in [3.05, 3.63) is 30.3 Å². The highest BCUT2D eigenvalue weighted by molar-refractivity contribution is 6.27. The van der Waals surface area contributed by atoms with Crippen LogP contribution in [0.15, 0.2) is 30.3 Å². The maximum absolute atomic E-state index is 11.8. The van der Waals surface area contributed by atoms with Crippen LogP contribution < -0.4 is 5.32 Å². The molecule has 1 aromatic rings. The van der Waals surface area contributed by atoms with Gasteiger partial charge in [0.25, 0.3) is 0 Å². The normalized spacial score (nSPS) is 14.8. The largest absolute Gasteiger partial charge is 0.473 e. The molecule has 7 heteroatoms. The molecule has 2 rings (SSSR count). The average Bonchev–Trinajstić information content (AvgIpc) is 2.77. The Labute approximate surface area is 134 Å². The number of para-hydroxylation sites is 1. The van der Waals surface area contributed by atoms with Gasteiger partial charge in [0.15, 0.2) is 0 Å². The van der Waals surface area contributed by atoms with Crippen LogP contribution in [0.3, 0.4) is 0 Å². The van der Waals surface area contributed by atoms with Crippen molar-refractivity contribution in [3.63, 3.8) is 0 Å². The van der Waals surface area contributed by atoms with E-state index in [-0.39, 0.29) is 5.91 Å². The van der Waals surface area contributed by atoms with E-state index in [4.69, 9.17) is 19.8 Å². The smallest absolute Gasteiger partial charge is 0.414 e. The van der Waals surface area contributed by atoms with E-state index in [2.05, 4.69) is 10.2 Å². The molecule has 0 atom stereocenters. The molecule has 126 valence electrons. The number of carboxylic acid groups (broad SMARTS) is 2. The predicted molar refractivity (Wildman–Crippen MR) is 85.3 cm³/mol. The lowest BCUT2D eigenvalue weighted by Gasteiger charge is -2.18. The van der Waals surface area contributed by atoms with Crippen molar-refractivity contribution in [3.8, 4) is 0 Å². The van der Waals surface area contributed by atoms with E-state index in [1.165, 1.54) is 25.7 Å². The Hall–Kier alpha value is -2.41. The van der Waals surface area contributed by atoms with E-state index in [0.29, 0.717) is 6.54 Å². The monoisotopic (exact) mass is 322 g/mol. The highest BCUT2D eigenvalue weighted by atomic mass is 16.4. The fourth-order valence-electron chi connectivity index (χ4n) is 2.22. The second-order valence-electron chi connectivity index (χ2n) is 5.21. The van der Waals surface area contributed by atoms with Crippen molar-refractivity contribution >= 4 is 23.5 Å². The number of benzene rings is 1. The van der Waals surface area contributed by atoms with Crippen molar-refractivity contribution in [2.24, 2.45) is 0 Å². The molecule has 0 saturated carbocycles. The SMILES string of the molecule is O=C(CN1CCCCCC1)Nc1ccccc1.O=C(O)C(=O)O. The first-order valence-electron chi connectivity index (χ1n) is 7.52. The Bertz CT molecular complexity index is 498. The minimum Gasteiger partial charge on any atom is -0.473 e. The van der Waals surface area contributed by atoms with Gasteiger partial charge in [0, 0.05) is 5.69 Å². The van der Waals surface area contributed by atoms with Gasteiger partial charge in [0.2, 0.25) is 5.91 Å². The van der Waals surface area contributed by atoms with E-state index in [1.54, 1.807) is 0 Å². The molecule has 1 aliphatic rings. The van der Waals surface area contributed by atoms with Gasteiger partial charge in [-0.25, -0.2) is 9.59 Å². The van der Waals surface area contributed by atoms with Gasteiger partial charge in [-0.3, -0.25) is 9.69 Å². The fourth-order valence-corrected chi connectivity index (χ4v) is 2.22. The number of nitrogens with one attached hydrogen (secondary N) is 1. The van der Waals surface area contributed by atoms with E-state index >= 15 is 0 Å². The van der Waals surface area contributed by atoms with Crippen molar-refractivity contribution in [1.82, 2.24) is 4.90 Å². The summed E-state index contributed by atoms with van der Waals surface area (Å²) in [6, 6.07) is 9.65. The molecule has 1 saturated heterocycles. The maximum Gasteiger partial charge on any atom is 0.414 e. The Balaban J connectivity index is 0.000000379. The number of hydrogen-bond donors (Lipinski definition) is 3. The van der Waals surface area contributed by atoms with Gasteiger partial charge in [-0.1, -0.05) is 31.0 Å². The molecule has 0 spiro atoms. The second kappa shape index (κ2) is 10.3. The lowest BCUT2D eigenvalue weighted by atomic mass is 10.2. The molecule has 1 heterocycles. The van der Waals surface area contributed by atoms with Crippen molar-refractivity contribution in [2.75, 3.05) is 25.0 Å². The van der Waals surface area contributed by atoms with Crippen molar-refractivity contribution in [1.29, 1.82) is 0 Å². The van der Waals surface area contributed by atoms with Gasteiger partial charge in [0.1, 0.15) is 0 Å². The van der Waals surface area contributed by atoms with E-state index < -0.39 is 11.9 Å². The quantitative estimate of drug-likeness (QED) is 0.731. The summed E-state index contributed by atoms with van der Waals surface area (Å²) in [5.41, 5.74) is 0.882. The van der Waals surface area contributed by atoms with E-state index in [9.17, 15) is 4.79 Å². The third-order valence-corrected chi connectivity index (χ3v) is 3.31. The van der Waals surface area contributed by atoms with Crippen LogP contribution in [-0.4, -0.2) is 52.6 Å². The summed E-state index contributed by atoms with van der Waals surface area (Å²) < 4.78 is 0. The number of hydrogen-bond acceptors (Lipinski definition) is 4. The molecule has 1 fully saturated rings. The van der Waals surface area contributed by atoms with Gasteiger partial charge in [-0.15, -0.1) is 0 Å². The summed E-state index contributed by atoms with van der Waals surface area (Å²) >= 11 is 0. The molecular weight excluding hydrogens is 300 g/mol. The summed E-state index contributed by atoms with van der Waals surface area (Å²) in [6.45, 7) is 2.64. The second-order valence-corrected chi connectivity index (χ2v) is 5.21. The first-order chi connectivity index (χ1) is 11.0. The Kier molecular flexibility index (Phi) is 8.38. The molecule has 0 aromatic heterocycles. The Morgan fingerprint density at radius 2 is 1.43 bits per heavy atom. The zero-order chi connectivity index (χ0) is 17.1.